The Kier molecular flexibility index (Phi) is 3.02. The molecule has 1 saturated carbocycles. The molecule has 0 amide bonds. The molecule has 0 atom stereocenters. The summed E-state index contributed by atoms with van der Waals surface area (Å²) in [7, 11) is 1.60. The molecule has 1 aliphatic rings. The Morgan fingerprint density at radius 2 is 2.33 bits per heavy atom. The third kappa shape index (κ3) is 2.80. The van der Waals surface area contributed by atoms with E-state index in [0.29, 0.717) is 18.2 Å². The Morgan fingerprint density at radius 3 is 3.00 bits per heavy atom. The molecule has 15 heavy (non-hydrogen) atoms. The van der Waals surface area contributed by atoms with Crippen molar-refractivity contribution in [2.24, 2.45) is 0 Å². The van der Waals surface area contributed by atoms with Gasteiger partial charge in [0.1, 0.15) is 5.75 Å². The van der Waals surface area contributed by atoms with Gasteiger partial charge in [0.2, 0.25) is 0 Å². The van der Waals surface area contributed by atoms with Crippen LogP contribution in [0, 0.1) is 0 Å². The molecular weight excluding hydrogens is 190 g/mol. The molecule has 0 bridgehead atoms. The molecule has 1 aromatic rings. The molecule has 3 nitrogen and oxygen atoms in total. The van der Waals surface area contributed by atoms with Gasteiger partial charge >= 0.3 is 0 Å². The first-order valence-electron chi connectivity index (χ1n) is 5.20. The Labute approximate surface area is 89.4 Å². The van der Waals surface area contributed by atoms with Gasteiger partial charge in [-0.05, 0) is 25.0 Å². The predicted molar refractivity (Wildman–Crippen MR) is 58.3 cm³/mol. The summed E-state index contributed by atoms with van der Waals surface area (Å²) in [4.78, 5) is 11.7. The number of carbonyl (C=O) groups excluding carboxylic acids is 1. The summed E-state index contributed by atoms with van der Waals surface area (Å²) in [5.74, 6) is 0.855. The highest BCUT2D eigenvalue weighted by molar-refractivity contribution is 5.97. The Bertz CT molecular complexity index is 358. The van der Waals surface area contributed by atoms with Crippen LogP contribution in [-0.4, -0.2) is 25.5 Å². The summed E-state index contributed by atoms with van der Waals surface area (Å²) in [6.45, 7) is 0.428. The normalized spacial score (nSPS) is 15.0. The highest BCUT2D eigenvalue weighted by Crippen LogP contribution is 2.18. The van der Waals surface area contributed by atoms with Crippen LogP contribution in [0.1, 0.15) is 23.2 Å². The fourth-order valence-electron chi connectivity index (χ4n) is 1.42. The molecule has 80 valence electrons. The number of carbonyl (C=O) groups is 1. The Balaban J connectivity index is 1.96. The van der Waals surface area contributed by atoms with Gasteiger partial charge in [0.15, 0.2) is 5.78 Å². The Morgan fingerprint density at radius 1 is 1.53 bits per heavy atom. The highest BCUT2D eigenvalue weighted by atomic mass is 16.5. The predicted octanol–water partition coefficient (Wildman–Crippen LogP) is 1.63. The van der Waals surface area contributed by atoms with E-state index in [4.69, 9.17) is 4.74 Å². The molecule has 0 spiro atoms. The minimum atomic E-state index is 0.126. The van der Waals surface area contributed by atoms with Crippen LogP contribution in [0.4, 0.5) is 0 Å². The van der Waals surface area contributed by atoms with Crippen molar-refractivity contribution in [2.45, 2.75) is 18.9 Å². The zero-order valence-corrected chi connectivity index (χ0v) is 8.82. The number of methoxy groups -OCH3 is 1. The number of hydrogen-bond donors (Lipinski definition) is 1. The Hall–Kier alpha value is -1.35. The van der Waals surface area contributed by atoms with Crippen LogP contribution in [0.2, 0.25) is 0 Å². The second-order valence-electron chi connectivity index (χ2n) is 3.81. The molecule has 0 aliphatic heterocycles. The topological polar surface area (TPSA) is 38.3 Å². The van der Waals surface area contributed by atoms with Crippen LogP contribution >= 0.6 is 0 Å². The number of nitrogens with one attached hydrogen (secondary N) is 1. The first kappa shape index (κ1) is 10.2. The summed E-state index contributed by atoms with van der Waals surface area (Å²) in [6.07, 6.45) is 2.40. The van der Waals surface area contributed by atoms with E-state index in [9.17, 15) is 4.79 Å². The molecule has 0 radical (unpaired) electrons. The van der Waals surface area contributed by atoms with E-state index in [1.54, 1.807) is 13.2 Å². The molecule has 0 saturated heterocycles. The quantitative estimate of drug-likeness (QED) is 0.742. The maximum Gasteiger partial charge on any atom is 0.176 e. The van der Waals surface area contributed by atoms with Crippen molar-refractivity contribution in [1.82, 2.24) is 5.32 Å². The number of ether oxygens (including phenoxy) is 1. The van der Waals surface area contributed by atoms with Crippen LogP contribution in [0.3, 0.4) is 0 Å². The standard InChI is InChI=1S/C12H15NO2/c1-15-11-4-2-3-9(7-11)12(14)8-13-10-5-6-10/h2-4,7,10,13H,5-6,8H2,1H3. The fraction of sp³-hybridized carbons (Fsp3) is 0.417. The van der Waals surface area contributed by atoms with Gasteiger partial charge in [-0.3, -0.25) is 4.79 Å². The van der Waals surface area contributed by atoms with Crippen molar-refractivity contribution < 1.29 is 9.53 Å². The minimum absolute atomic E-state index is 0.126. The zero-order chi connectivity index (χ0) is 10.7. The lowest BCUT2D eigenvalue weighted by atomic mass is 10.1. The smallest absolute Gasteiger partial charge is 0.176 e. The van der Waals surface area contributed by atoms with E-state index in [1.807, 2.05) is 18.2 Å². The highest BCUT2D eigenvalue weighted by Gasteiger charge is 2.21. The summed E-state index contributed by atoms with van der Waals surface area (Å²) < 4.78 is 5.07. The lowest BCUT2D eigenvalue weighted by Crippen LogP contribution is -2.24. The van der Waals surface area contributed by atoms with Crippen LogP contribution in [-0.2, 0) is 0 Å². The average Bonchev–Trinajstić information content (AvgIpc) is 3.10. The summed E-state index contributed by atoms with van der Waals surface area (Å²) >= 11 is 0. The minimum Gasteiger partial charge on any atom is -0.497 e. The van der Waals surface area contributed by atoms with E-state index in [0.717, 1.165) is 5.75 Å². The van der Waals surface area contributed by atoms with E-state index < -0.39 is 0 Å². The molecule has 1 fully saturated rings. The van der Waals surface area contributed by atoms with E-state index in [1.165, 1.54) is 12.8 Å². The second kappa shape index (κ2) is 4.45. The lowest BCUT2D eigenvalue weighted by molar-refractivity contribution is 0.0990. The molecule has 0 heterocycles. The molecule has 1 aliphatic carbocycles. The summed E-state index contributed by atoms with van der Waals surface area (Å²) in [5, 5.41) is 3.20. The lowest BCUT2D eigenvalue weighted by Gasteiger charge is -2.04. The molecule has 2 rings (SSSR count). The van der Waals surface area contributed by atoms with Gasteiger partial charge in [0.25, 0.3) is 0 Å². The maximum atomic E-state index is 11.7. The van der Waals surface area contributed by atoms with Crippen molar-refractivity contribution >= 4 is 5.78 Å². The van der Waals surface area contributed by atoms with Gasteiger partial charge in [0, 0.05) is 11.6 Å². The molecule has 0 aromatic heterocycles. The maximum absolute atomic E-state index is 11.7. The van der Waals surface area contributed by atoms with Crippen LogP contribution < -0.4 is 10.1 Å². The van der Waals surface area contributed by atoms with Crippen LogP contribution in [0.15, 0.2) is 24.3 Å². The number of benzene rings is 1. The molecule has 1 aromatic carbocycles. The third-order valence-electron chi connectivity index (χ3n) is 2.52. The van der Waals surface area contributed by atoms with Gasteiger partial charge in [0.05, 0.1) is 13.7 Å². The van der Waals surface area contributed by atoms with Gasteiger partial charge < -0.3 is 10.1 Å². The first-order chi connectivity index (χ1) is 7.29. The van der Waals surface area contributed by atoms with Gasteiger partial charge in [-0.2, -0.15) is 0 Å². The number of hydrogen-bond acceptors (Lipinski definition) is 3. The van der Waals surface area contributed by atoms with E-state index in [2.05, 4.69) is 5.32 Å². The van der Waals surface area contributed by atoms with Crippen molar-refractivity contribution in [3.05, 3.63) is 29.8 Å². The third-order valence-corrected chi connectivity index (χ3v) is 2.52. The van der Waals surface area contributed by atoms with E-state index >= 15 is 0 Å². The van der Waals surface area contributed by atoms with Gasteiger partial charge in [-0.25, -0.2) is 0 Å². The number of ketones is 1. The zero-order valence-electron chi connectivity index (χ0n) is 8.82. The average molecular weight is 205 g/mol. The molecular formula is C12H15NO2. The van der Waals surface area contributed by atoms with Crippen molar-refractivity contribution in [3.8, 4) is 5.75 Å². The molecule has 0 unspecified atom stereocenters. The number of Topliss-reactive ketones (excluding diaryl/α,β-unsaturated/α-hetero) is 1. The van der Waals surface area contributed by atoms with E-state index in [-0.39, 0.29) is 5.78 Å². The van der Waals surface area contributed by atoms with Crippen molar-refractivity contribution in [3.63, 3.8) is 0 Å². The second-order valence-corrected chi connectivity index (χ2v) is 3.81. The fourth-order valence-corrected chi connectivity index (χ4v) is 1.42. The first-order valence-corrected chi connectivity index (χ1v) is 5.20. The van der Waals surface area contributed by atoms with Gasteiger partial charge in [-0.15, -0.1) is 0 Å². The largest absolute Gasteiger partial charge is 0.497 e. The van der Waals surface area contributed by atoms with Crippen LogP contribution in [0.25, 0.3) is 0 Å². The monoisotopic (exact) mass is 205 g/mol. The van der Waals surface area contributed by atoms with Crippen molar-refractivity contribution in [1.29, 1.82) is 0 Å². The molecule has 1 N–H and O–H groups in total. The van der Waals surface area contributed by atoms with Crippen molar-refractivity contribution in [2.75, 3.05) is 13.7 Å². The van der Waals surface area contributed by atoms with Gasteiger partial charge in [-0.1, -0.05) is 12.1 Å². The molecule has 3 heteroatoms. The summed E-state index contributed by atoms with van der Waals surface area (Å²) in [6, 6.07) is 7.84. The SMILES string of the molecule is COc1cccc(C(=O)CNC2CC2)c1. The van der Waals surface area contributed by atoms with Crippen LogP contribution in [0.5, 0.6) is 5.75 Å². The number of rotatable bonds is 5. The summed E-state index contributed by atoms with van der Waals surface area (Å²) in [5.41, 5.74) is 0.711.